The lowest BCUT2D eigenvalue weighted by Gasteiger charge is -2.16. The SMILES string of the molecule is C[Si](C)(C)c1ccc(OC(F)F)cc1. The van der Waals surface area contributed by atoms with Crippen LogP contribution in [-0.4, -0.2) is 14.7 Å². The van der Waals surface area contributed by atoms with E-state index in [0.717, 1.165) is 0 Å². The molecule has 0 heterocycles. The fourth-order valence-corrected chi connectivity index (χ4v) is 2.30. The van der Waals surface area contributed by atoms with Gasteiger partial charge in [0.1, 0.15) is 5.75 Å². The molecule has 0 amide bonds. The van der Waals surface area contributed by atoms with Crippen LogP contribution in [0.15, 0.2) is 24.3 Å². The summed E-state index contributed by atoms with van der Waals surface area (Å²) < 4.78 is 27.9. The Morgan fingerprint density at radius 2 is 1.57 bits per heavy atom. The lowest BCUT2D eigenvalue weighted by atomic mass is 10.3. The third-order valence-corrected chi connectivity index (χ3v) is 4.01. The molecule has 1 rings (SSSR count). The quantitative estimate of drug-likeness (QED) is 0.706. The first-order valence-electron chi connectivity index (χ1n) is 4.45. The smallest absolute Gasteiger partial charge is 0.387 e. The zero-order chi connectivity index (χ0) is 10.8. The molecule has 0 saturated carbocycles. The molecular formula is C10H14F2OSi. The van der Waals surface area contributed by atoms with Crippen molar-refractivity contribution in [3.63, 3.8) is 0 Å². The van der Waals surface area contributed by atoms with E-state index >= 15 is 0 Å². The summed E-state index contributed by atoms with van der Waals surface area (Å²) in [5.74, 6) is 0.224. The minimum Gasteiger partial charge on any atom is -0.435 e. The Morgan fingerprint density at radius 3 is 1.93 bits per heavy atom. The molecule has 0 spiro atoms. The van der Waals surface area contributed by atoms with E-state index in [4.69, 9.17) is 0 Å². The summed E-state index contributed by atoms with van der Waals surface area (Å²) in [4.78, 5) is 0. The van der Waals surface area contributed by atoms with Gasteiger partial charge in [0.2, 0.25) is 0 Å². The maximum atomic E-state index is 11.8. The fraction of sp³-hybridized carbons (Fsp3) is 0.400. The second-order valence-corrected chi connectivity index (χ2v) is 9.23. The monoisotopic (exact) mass is 216 g/mol. The van der Waals surface area contributed by atoms with Gasteiger partial charge in [0.15, 0.2) is 0 Å². The first-order chi connectivity index (χ1) is 6.39. The van der Waals surface area contributed by atoms with Crippen molar-refractivity contribution < 1.29 is 13.5 Å². The lowest BCUT2D eigenvalue weighted by molar-refractivity contribution is -0.0498. The summed E-state index contributed by atoms with van der Waals surface area (Å²) in [6, 6.07) is 6.92. The highest BCUT2D eigenvalue weighted by molar-refractivity contribution is 6.88. The summed E-state index contributed by atoms with van der Waals surface area (Å²) in [7, 11) is -1.34. The third-order valence-electron chi connectivity index (χ3n) is 1.95. The Balaban J connectivity index is 2.79. The van der Waals surface area contributed by atoms with Gasteiger partial charge in [-0.05, 0) is 12.1 Å². The van der Waals surface area contributed by atoms with E-state index in [0.29, 0.717) is 0 Å². The molecule has 0 unspecified atom stereocenters. The number of alkyl halides is 2. The molecule has 14 heavy (non-hydrogen) atoms. The summed E-state index contributed by atoms with van der Waals surface area (Å²) in [5.41, 5.74) is 0. The van der Waals surface area contributed by atoms with Gasteiger partial charge < -0.3 is 4.74 Å². The second kappa shape index (κ2) is 4.08. The highest BCUT2D eigenvalue weighted by atomic mass is 28.3. The van der Waals surface area contributed by atoms with Crippen LogP contribution >= 0.6 is 0 Å². The van der Waals surface area contributed by atoms with Gasteiger partial charge in [-0.1, -0.05) is 37.0 Å². The van der Waals surface area contributed by atoms with Gasteiger partial charge in [-0.2, -0.15) is 8.78 Å². The predicted molar refractivity (Wildman–Crippen MR) is 56.1 cm³/mol. The number of rotatable bonds is 3. The van der Waals surface area contributed by atoms with Crippen LogP contribution in [-0.2, 0) is 0 Å². The van der Waals surface area contributed by atoms with Crippen LogP contribution in [0.1, 0.15) is 0 Å². The summed E-state index contributed by atoms with van der Waals surface area (Å²) in [6.07, 6.45) is 0. The van der Waals surface area contributed by atoms with Gasteiger partial charge in [0, 0.05) is 0 Å². The first kappa shape index (κ1) is 11.2. The number of ether oxygens (including phenoxy) is 1. The maximum absolute atomic E-state index is 11.8. The molecule has 0 radical (unpaired) electrons. The van der Waals surface area contributed by atoms with E-state index in [2.05, 4.69) is 24.4 Å². The molecule has 0 saturated heterocycles. The molecule has 0 atom stereocenters. The van der Waals surface area contributed by atoms with Crippen LogP contribution in [0.3, 0.4) is 0 Å². The molecule has 0 aliphatic rings. The summed E-state index contributed by atoms with van der Waals surface area (Å²) >= 11 is 0. The molecule has 4 heteroatoms. The molecule has 1 nitrogen and oxygen atoms in total. The van der Waals surface area contributed by atoms with Crippen LogP contribution in [0.5, 0.6) is 5.75 Å². The van der Waals surface area contributed by atoms with Crippen LogP contribution < -0.4 is 9.92 Å². The zero-order valence-electron chi connectivity index (χ0n) is 8.55. The molecular weight excluding hydrogens is 202 g/mol. The van der Waals surface area contributed by atoms with Gasteiger partial charge >= 0.3 is 6.61 Å². The van der Waals surface area contributed by atoms with E-state index in [-0.39, 0.29) is 5.75 Å². The number of hydrogen-bond acceptors (Lipinski definition) is 1. The van der Waals surface area contributed by atoms with Crippen molar-refractivity contribution in [1.29, 1.82) is 0 Å². The highest BCUT2D eigenvalue weighted by Crippen LogP contribution is 2.13. The maximum Gasteiger partial charge on any atom is 0.387 e. The molecule has 0 N–H and O–H groups in total. The highest BCUT2D eigenvalue weighted by Gasteiger charge is 2.16. The topological polar surface area (TPSA) is 9.23 Å². The Morgan fingerprint density at radius 1 is 1.07 bits per heavy atom. The lowest BCUT2D eigenvalue weighted by Crippen LogP contribution is -2.37. The van der Waals surface area contributed by atoms with Crippen molar-refractivity contribution in [2.45, 2.75) is 26.3 Å². The molecule has 1 aromatic carbocycles. The molecule has 1 aromatic rings. The summed E-state index contributed by atoms with van der Waals surface area (Å²) in [5, 5.41) is 1.24. The van der Waals surface area contributed by atoms with Crippen molar-refractivity contribution in [3.8, 4) is 5.75 Å². The van der Waals surface area contributed by atoms with Crippen molar-refractivity contribution in [2.24, 2.45) is 0 Å². The number of benzene rings is 1. The van der Waals surface area contributed by atoms with Gasteiger partial charge in [-0.15, -0.1) is 0 Å². The van der Waals surface area contributed by atoms with Gasteiger partial charge in [0.25, 0.3) is 0 Å². The Bertz CT molecular complexity index is 290. The second-order valence-electron chi connectivity index (χ2n) is 4.15. The molecule has 0 aromatic heterocycles. The zero-order valence-corrected chi connectivity index (χ0v) is 9.55. The fourth-order valence-electron chi connectivity index (χ4n) is 1.14. The normalized spacial score (nSPS) is 11.9. The van der Waals surface area contributed by atoms with Crippen LogP contribution in [0.2, 0.25) is 19.6 Å². The van der Waals surface area contributed by atoms with Crippen molar-refractivity contribution in [3.05, 3.63) is 24.3 Å². The van der Waals surface area contributed by atoms with Gasteiger partial charge in [-0.3, -0.25) is 0 Å². The molecule has 0 fully saturated rings. The van der Waals surface area contributed by atoms with E-state index < -0.39 is 14.7 Å². The van der Waals surface area contributed by atoms with E-state index in [1.165, 1.54) is 5.19 Å². The van der Waals surface area contributed by atoms with Crippen molar-refractivity contribution >= 4 is 13.3 Å². The van der Waals surface area contributed by atoms with E-state index in [1.54, 1.807) is 12.1 Å². The van der Waals surface area contributed by atoms with E-state index in [9.17, 15) is 8.78 Å². The Kier molecular flexibility index (Phi) is 3.26. The minimum atomic E-state index is -2.74. The van der Waals surface area contributed by atoms with Gasteiger partial charge in [0.05, 0.1) is 8.07 Å². The third kappa shape index (κ3) is 3.10. The predicted octanol–water partition coefficient (Wildman–Crippen LogP) is 2.83. The largest absolute Gasteiger partial charge is 0.435 e. The average Bonchev–Trinajstić information content (AvgIpc) is 2.02. The van der Waals surface area contributed by atoms with Crippen LogP contribution in [0.25, 0.3) is 0 Å². The number of hydrogen-bond donors (Lipinski definition) is 0. The van der Waals surface area contributed by atoms with Crippen LogP contribution in [0, 0.1) is 0 Å². The van der Waals surface area contributed by atoms with Crippen molar-refractivity contribution in [2.75, 3.05) is 0 Å². The van der Waals surface area contributed by atoms with Crippen LogP contribution in [0.4, 0.5) is 8.78 Å². The van der Waals surface area contributed by atoms with Crippen molar-refractivity contribution in [1.82, 2.24) is 0 Å². The summed E-state index contributed by atoms with van der Waals surface area (Å²) in [6.45, 7) is 3.87. The molecule has 78 valence electrons. The average molecular weight is 216 g/mol. The van der Waals surface area contributed by atoms with E-state index in [1.807, 2.05) is 12.1 Å². The Labute approximate surface area is 83.7 Å². The Hall–Kier alpha value is -0.903. The molecule has 0 aliphatic carbocycles. The standard InChI is InChI=1S/C10H14F2OSi/c1-14(2,3)9-6-4-8(5-7-9)13-10(11)12/h4-7,10H,1-3H3. The molecule has 0 bridgehead atoms. The molecule has 0 aliphatic heterocycles. The minimum absolute atomic E-state index is 0.224. The van der Waals surface area contributed by atoms with Gasteiger partial charge in [-0.25, -0.2) is 0 Å². The number of halogens is 2. The first-order valence-corrected chi connectivity index (χ1v) is 7.95.